The number of amides is 1. The van der Waals surface area contributed by atoms with Gasteiger partial charge in [0.15, 0.2) is 0 Å². The van der Waals surface area contributed by atoms with Gasteiger partial charge >= 0.3 is 0 Å². The summed E-state index contributed by atoms with van der Waals surface area (Å²) in [5, 5.41) is 9.31. The summed E-state index contributed by atoms with van der Waals surface area (Å²) in [6.45, 7) is 4.84. The molecule has 0 saturated carbocycles. The lowest BCUT2D eigenvalue weighted by Crippen LogP contribution is -2.36. The zero-order valence-electron chi connectivity index (χ0n) is 12.8. The van der Waals surface area contributed by atoms with Gasteiger partial charge in [0, 0.05) is 25.3 Å². The number of likely N-dealkylation sites (N-methyl/N-ethyl adjacent to an activating group) is 1. The van der Waals surface area contributed by atoms with Crippen molar-refractivity contribution in [3.8, 4) is 0 Å². The number of nitrogens with zero attached hydrogens (tertiary/aromatic N) is 2. The largest absolute Gasteiger partial charge is 0.395 e. The fraction of sp³-hybridized carbons (Fsp3) is 0.500. The number of hydrogen-bond acceptors (Lipinski definition) is 4. The molecule has 21 heavy (non-hydrogen) atoms. The molecule has 0 radical (unpaired) electrons. The predicted molar refractivity (Wildman–Crippen MR) is 83.0 cm³/mol. The van der Waals surface area contributed by atoms with Gasteiger partial charge in [0.2, 0.25) is 0 Å². The molecule has 0 aromatic heterocycles. The minimum Gasteiger partial charge on any atom is -0.395 e. The van der Waals surface area contributed by atoms with E-state index in [9.17, 15) is 14.7 Å². The molecule has 5 heteroatoms. The quantitative estimate of drug-likeness (QED) is 0.812. The molecule has 114 valence electrons. The number of carbonyl (C=O) groups excluding carboxylic acids is 2. The van der Waals surface area contributed by atoms with Crippen LogP contribution in [0.4, 0.5) is 11.4 Å². The van der Waals surface area contributed by atoms with Crippen LogP contribution < -0.4 is 9.80 Å². The van der Waals surface area contributed by atoms with Crippen LogP contribution in [0.3, 0.4) is 0 Å². The van der Waals surface area contributed by atoms with Crippen LogP contribution in [0.25, 0.3) is 0 Å². The smallest absolute Gasteiger partial charge is 0.299 e. The highest BCUT2D eigenvalue weighted by molar-refractivity contribution is 6.52. The highest BCUT2D eigenvalue weighted by Gasteiger charge is 2.33. The summed E-state index contributed by atoms with van der Waals surface area (Å²) in [6, 6.07) is 5.76. The van der Waals surface area contributed by atoms with E-state index >= 15 is 0 Å². The first-order valence-corrected chi connectivity index (χ1v) is 7.39. The maximum absolute atomic E-state index is 11.8. The molecule has 0 saturated heterocycles. The Labute approximate surface area is 125 Å². The van der Waals surface area contributed by atoms with Crippen LogP contribution in [0, 0.1) is 0 Å². The lowest BCUT2D eigenvalue weighted by Gasteiger charge is -2.32. The van der Waals surface area contributed by atoms with E-state index in [2.05, 4.69) is 18.7 Å². The molecule has 1 aliphatic heterocycles. The molecule has 2 rings (SSSR count). The van der Waals surface area contributed by atoms with E-state index in [1.165, 1.54) is 4.90 Å². The Morgan fingerprint density at radius 3 is 2.48 bits per heavy atom. The van der Waals surface area contributed by atoms with E-state index in [1.807, 2.05) is 12.1 Å². The van der Waals surface area contributed by atoms with Gasteiger partial charge in [-0.2, -0.15) is 0 Å². The van der Waals surface area contributed by atoms with Crippen LogP contribution in [-0.2, 0) is 4.79 Å². The van der Waals surface area contributed by atoms with Crippen LogP contribution >= 0.6 is 0 Å². The summed E-state index contributed by atoms with van der Waals surface area (Å²) in [5.74, 6) is -0.936. The third-order valence-electron chi connectivity index (χ3n) is 4.14. The molecule has 1 aromatic carbocycles. The summed E-state index contributed by atoms with van der Waals surface area (Å²) < 4.78 is 0. The van der Waals surface area contributed by atoms with Gasteiger partial charge < -0.3 is 14.9 Å². The first kappa shape index (κ1) is 15.5. The molecule has 1 amide bonds. The average Bonchev–Trinajstić information content (AvgIpc) is 2.72. The predicted octanol–water partition coefficient (Wildman–Crippen LogP) is 1.83. The average molecular weight is 290 g/mol. The number of hydrogen-bond donors (Lipinski definition) is 1. The number of ketones is 1. The lowest BCUT2D eigenvalue weighted by atomic mass is 10.1. The van der Waals surface area contributed by atoms with Crippen molar-refractivity contribution < 1.29 is 14.7 Å². The summed E-state index contributed by atoms with van der Waals surface area (Å²) in [5.41, 5.74) is 2.04. The second kappa shape index (κ2) is 6.26. The van der Waals surface area contributed by atoms with E-state index in [1.54, 1.807) is 13.1 Å². The number of carbonyl (C=O) groups is 2. The number of rotatable bonds is 6. The molecule has 1 heterocycles. The van der Waals surface area contributed by atoms with Crippen LogP contribution in [0.2, 0.25) is 0 Å². The molecule has 0 unspecified atom stereocenters. The number of fused-ring (bicyclic) bond motifs is 1. The van der Waals surface area contributed by atoms with Crippen LogP contribution in [-0.4, -0.2) is 43.0 Å². The second-order valence-corrected chi connectivity index (χ2v) is 5.28. The van der Waals surface area contributed by atoms with Gasteiger partial charge in [-0.05, 0) is 31.0 Å². The summed E-state index contributed by atoms with van der Waals surface area (Å²) >= 11 is 0. The monoisotopic (exact) mass is 290 g/mol. The van der Waals surface area contributed by atoms with Crippen LogP contribution in [0.1, 0.15) is 37.0 Å². The van der Waals surface area contributed by atoms with Gasteiger partial charge in [-0.3, -0.25) is 9.59 Å². The van der Waals surface area contributed by atoms with E-state index in [4.69, 9.17) is 0 Å². The molecule has 5 nitrogen and oxygen atoms in total. The first-order valence-electron chi connectivity index (χ1n) is 7.39. The molecule has 1 aliphatic rings. The van der Waals surface area contributed by atoms with Crippen molar-refractivity contribution >= 4 is 23.1 Å². The Bertz CT molecular complexity index is 552. The fourth-order valence-electron chi connectivity index (χ4n) is 2.90. The Balaban J connectivity index is 2.41. The summed E-state index contributed by atoms with van der Waals surface area (Å²) in [6.07, 6.45) is 1.95. The maximum atomic E-state index is 11.8. The second-order valence-electron chi connectivity index (χ2n) is 5.28. The molecule has 1 N–H and O–H groups in total. The minimum absolute atomic E-state index is 0.0707. The van der Waals surface area contributed by atoms with Crippen molar-refractivity contribution in [2.24, 2.45) is 0 Å². The molecule has 0 spiro atoms. The maximum Gasteiger partial charge on any atom is 0.299 e. The Morgan fingerprint density at radius 1 is 1.24 bits per heavy atom. The van der Waals surface area contributed by atoms with Crippen molar-refractivity contribution in [2.45, 2.75) is 32.7 Å². The normalized spacial score (nSPS) is 14.0. The molecule has 0 aliphatic carbocycles. The first-order chi connectivity index (χ1) is 10.0. The van der Waals surface area contributed by atoms with Crippen molar-refractivity contribution in [1.29, 1.82) is 0 Å². The molecular formula is C16H22N2O3. The SMILES string of the molecule is CCC(CC)N(CCO)c1ccc2c(c1)N(C)C(=O)C2=O. The molecule has 0 fully saturated rings. The Kier molecular flexibility index (Phi) is 4.63. The number of Topliss-reactive ketones (excluding diaryl/α,β-unsaturated/α-hetero) is 1. The molecular weight excluding hydrogens is 268 g/mol. The third kappa shape index (κ3) is 2.65. The van der Waals surface area contributed by atoms with Gasteiger partial charge in [-0.25, -0.2) is 0 Å². The van der Waals surface area contributed by atoms with Crippen molar-refractivity contribution in [3.05, 3.63) is 23.8 Å². The fourth-order valence-corrected chi connectivity index (χ4v) is 2.90. The number of aliphatic hydroxyl groups excluding tert-OH is 1. The van der Waals surface area contributed by atoms with E-state index in [-0.39, 0.29) is 6.61 Å². The Morgan fingerprint density at radius 2 is 1.90 bits per heavy atom. The standard InChI is InChI=1S/C16H22N2O3/c1-4-11(5-2)18(8-9-19)12-6-7-13-14(10-12)17(3)16(21)15(13)20/h6-7,10-11,19H,4-5,8-9H2,1-3H3. The molecule has 0 bridgehead atoms. The van der Waals surface area contributed by atoms with Gasteiger partial charge in [0.1, 0.15) is 0 Å². The van der Waals surface area contributed by atoms with Crippen molar-refractivity contribution in [1.82, 2.24) is 0 Å². The van der Waals surface area contributed by atoms with Crippen LogP contribution in [0.5, 0.6) is 0 Å². The summed E-state index contributed by atoms with van der Waals surface area (Å²) in [4.78, 5) is 27.1. The minimum atomic E-state index is -0.488. The van der Waals surface area contributed by atoms with Gasteiger partial charge in [-0.1, -0.05) is 13.8 Å². The van der Waals surface area contributed by atoms with E-state index in [0.29, 0.717) is 23.8 Å². The van der Waals surface area contributed by atoms with Gasteiger partial charge in [-0.15, -0.1) is 0 Å². The lowest BCUT2D eigenvalue weighted by molar-refractivity contribution is -0.114. The highest BCUT2D eigenvalue weighted by Crippen LogP contribution is 2.33. The molecule has 0 atom stereocenters. The van der Waals surface area contributed by atoms with E-state index in [0.717, 1.165) is 18.5 Å². The van der Waals surface area contributed by atoms with E-state index < -0.39 is 11.7 Å². The Hall–Kier alpha value is -1.88. The van der Waals surface area contributed by atoms with Gasteiger partial charge in [0.05, 0.1) is 17.9 Å². The number of aliphatic hydroxyl groups is 1. The highest BCUT2D eigenvalue weighted by atomic mass is 16.3. The third-order valence-corrected chi connectivity index (χ3v) is 4.14. The zero-order valence-corrected chi connectivity index (χ0v) is 12.8. The zero-order chi connectivity index (χ0) is 15.6. The summed E-state index contributed by atoms with van der Waals surface area (Å²) in [7, 11) is 1.61. The topological polar surface area (TPSA) is 60.9 Å². The van der Waals surface area contributed by atoms with Gasteiger partial charge in [0.25, 0.3) is 11.7 Å². The number of benzene rings is 1. The molecule has 1 aromatic rings. The van der Waals surface area contributed by atoms with Crippen molar-refractivity contribution in [3.63, 3.8) is 0 Å². The number of anilines is 2. The van der Waals surface area contributed by atoms with Crippen molar-refractivity contribution in [2.75, 3.05) is 30.0 Å². The van der Waals surface area contributed by atoms with Crippen LogP contribution in [0.15, 0.2) is 18.2 Å².